The second-order valence-corrected chi connectivity index (χ2v) is 24.5. The predicted octanol–water partition coefficient (Wildman–Crippen LogP) is -2.25. The summed E-state index contributed by atoms with van der Waals surface area (Å²) in [5.41, 5.74) is 2.58. The molecule has 3 aliphatic heterocycles. The summed E-state index contributed by atoms with van der Waals surface area (Å²) in [6.45, 7) is 4.72. The normalized spacial score (nSPS) is 23.2. The molecule has 91 heavy (non-hydrogen) atoms. The summed E-state index contributed by atoms with van der Waals surface area (Å²) in [6, 6.07) is 7.61. The fourth-order valence-electron chi connectivity index (χ4n) is 10.7. The highest BCUT2D eigenvalue weighted by atomic mass is 32.2. The molecule has 29 nitrogen and oxygen atoms in total. The molecule has 1 aromatic heterocycles. The zero-order chi connectivity index (χ0) is 66.6. The molecule has 0 radical (unpaired) electrons. The average molecular weight is 1310 g/mol. The molecule has 3 saturated heterocycles. The Morgan fingerprint density at radius 1 is 0.769 bits per heavy atom. The van der Waals surface area contributed by atoms with Gasteiger partial charge in [0.1, 0.15) is 24.2 Å². The van der Waals surface area contributed by atoms with Crippen LogP contribution in [0.5, 0.6) is 0 Å². The minimum absolute atomic E-state index is 0.00472. The minimum atomic E-state index is -1.65. The quantitative estimate of drug-likeness (QED) is 0.0304. The van der Waals surface area contributed by atoms with E-state index in [1.54, 1.807) is 26.0 Å². The number of para-hydroxylation sites is 1. The van der Waals surface area contributed by atoms with Crippen LogP contribution >= 0.6 is 24.4 Å². The van der Waals surface area contributed by atoms with Gasteiger partial charge in [-0.05, 0) is 73.8 Å². The maximum Gasteiger partial charge on any atom is 0.246 e. The van der Waals surface area contributed by atoms with Crippen LogP contribution in [-0.2, 0) is 75.3 Å². The molecular formula is C60H83N13O16S2. The Morgan fingerprint density at radius 2 is 1.45 bits per heavy atom. The molecule has 3 aliphatic rings. The lowest BCUT2D eigenvalue weighted by Crippen LogP contribution is -2.58. The standard InChI is InChI=1S/C60H83N13O16S2/c1-6-31(3)53-57(87)65-27-50(81)68-43(30-91-58-38(7-2)40-10-8-9-11-41(40)70-58)56(86)69-42(59(88)73-28-37(75)20-36(73)16-17-39(32(4)44(76)29-74)55(85)64-24-48(79)63-26-51(82)71-53)21-47(78)61-23-34-12-14-35(15-13-34)67-54(84)33(5)66-49(80)25-62-46(77)18-19-72-52(83)22-45(90)60(72)89/h8-15,31-33,36-37,39,42-45,53,70,74-76,90H,6-7,16-30H2,1-5H3,(H,61,78)(H,62,77)(H,63,79)(H,64,85)(H,65,87)(H,66,80)(H,67,84)(H,68,81)(H,69,86)(H,71,82)/t31-,32+,33-,36+,37+,39-,42-,43-,44-,45?,53-/m0/s1. The van der Waals surface area contributed by atoms with Gasteiger partial charge in [-0.3, -0.25) is 67.2 Å². The van der Waals surface area contributed by atoms with Crippen LogP contribution < -0.4 is 53.2 Å². The van der Waals surface area contributed by atoms with Crippen LogP contribution in [-0.4, -0.2) is 206 Å². The van der Waals surface area contributed by atoms with Gasteiger partial charge in [0.15, 0.2) is 0 Å². The largest absolute Gasteiger partial charge is 0.394 e. The number of benzene rings is 2. The third kappa shape index (κ3) is 20.7. The van der Waals surface area contributed by atoms with Crippen molar-refractivity contribution in [1.82, 2.24) is 62.6 Å². The van der Waals surface area contributed by atoms with Crippen molar-refractivity contribution < 1.29 is 77.6 Å². The molecule has 0 bridgehead atoms. The van der Waals surface area contributed by atoms with E-state index in [4.69, 9.17) is 0 Å². The van der Waals surface area contributed by atoms with Gasteiger partial charge in [-0.1, -0.05) is 64.4 Å². The molecule has 0 aliphatic carbocycles. The van der Waals surface area contributed by atoms with Gasteiger partial charge in [-0.25, -0.2) is 0 Å². The predicted molar refractivity (Wildman–Crippen MR) is 335 cm³/mol. The molecule has 3 fully saturated rings. The highest BCUT2D eigenvalue weighted by Crippen LogP contribution is 2.32. The number of aliphatic hydroxyl groups excluding tert-OH is 3. The Hall–Kier alpha value is -8.13. The molecule has 31 heteroatoms. The van der Waals surface area contributed by atoms with Gasteiger partial charge in [0.2, 0.25) is 76.8 Å². The number of aromatic amines is 1. The van der Waals surface area contributed by atoms with E-state index in [9.17, 15) is 72.9 Å². The maximum absolute atomic E-state index is 15.0. The first-order chi connectivity index (χ1) is 43.3. The Kier molecular flexibility index (Phi) is 27.1. The number of amides is 13. The number of aromatic nitrogens is 1. The van der Waals surface area contributed by atoms with Gasteiger partial charge in [0.05, 0.1) is 61.7 Å². The average Bonchev–Trinajstić information content (AvgIpc) is 1.80. The van der Waals surface area contributed by atoms with Crippen LogP contribution in [0.3, 0.4) is 0 Å². The molecule has 496 valence electrons. The molecule has 4 heterocycles. The van der Waals surface area contributed by atoms with Crippen molar-refractivity contribution in [3.05, 3.63) is 59.7 Å². The molecule has 0 saturated carbocycles. The van der Waals surface area contributed by atoms with E-state index < -0.39 is 181 Å². The van der Waals surface area contributed by atoms with Gasteiger partial charge in [0.25, 0.3) is 0 Å². The Balaban J connectivity index is 1.20. The summed E-state index contributed by atoms with van der Waals surface area (Å²) in [4.78, 5) is 179. The second kappa shape index (κ2) is 34.3. The van der Waals surface area contributed by atoms with Gasteiger partial charge in [-0.15, -0.1) is 11.8 Å². The first kappa shape index (κ1) is 71.9. The third-order valence-electron chi connectivity index (χ3n) is 16.2. The lowest BCUT2D eigenvalue weighted by molar-refractivity contribution is -0.140. The highest BCUT2D eigenvalue weighted by Gasteiger charge is 2.42. The van der Waals surface area contributed by atoms with Crippen LogP contribution in [0.15, 0.2) is 53.6 Å². The van der Waals surface area contributed by atoms with E-state index in [-0.39, 0.29) is 57.5 Å². The van der Waals surface area contributed by atoms with E-state index in [0.717, 1.165) is 21.4 Å². The number of H-pyrrole nitrogens is 1. The fourth-order valence-corrected chi connectivity index (χ4v) is 12.2. The number of thiol groups is 1. The molecule has 1 unspecified atom stereocenters. The van der Waals surface area contributed by atoms with Crippen molar-refractivity contribution in [3.63, 3.8) is 0 Å². The van der Waals surface area contributed by atoms with Crippen LogP contribution in [0.4, 0.5) is 5.69 Å². The molecule has 0 spiro atoms. The molecule has 6 rings (SSSR count). The van der Waals surface area contributed by atoms with Crippen LogP contribution in [0, 0.1) is 17.8 Å². The smallest absolute Gasteiger partial charge is 0.246 e. The maximum atomic E-state index is 15.0. The Labute approximate surface area is 535 Å². The number of aliphatic hydroxyl groups is 3. The topological polar surface area (TPSA) is 425 Å². The van der Waals surface area contributed by atoms with Crippen LogP contribution in [0.2, 0.25) is 0 Å². The molecule has 2 aromatic carbocycles. The molecule has 3 aromatic rings. The monoisotopic (exact) mass is 1310 g/mol. The molecular weight excluding hydrogens is 1220 g/mol. The zero-order valence-corrected chi connectivity index (χ0v) is 53.1. The molecule has 14 N–H and O–H groups in total. The number of thioether (sulfide) groups is 1. The lowest BCUT2D eigenvalue weighted by atomic mass is 9.83. The van der Waals surface area contributed by atoms with Crippen molar-refractivity contribution in [1.29, 1.82) is 0 Å². The number of nitrogens with zero attached hydrogens (tertiary/aromatic N) is 2. The van der Waals surface area contributed by atoms with E-state index >= 15 is 4.79 Å². The Bertz CT molecular complexity index is 3170. The molecule has 11 atom stereocenters. The number of nitrogens with one attached hydrogen (secondary N) is 11. The van der Waals surface area contributed by atoms with E-state index in [0.29, 0.717) is 29.1 Å². The SMILES string of the molecule is CCc1c(SC[C@@H]2NC(=O)CNC(=O)[C@H]([C@@H](C)CC)NC(=O)CNC(=O)CNC(=O)[C@H]([C@@H](C)[C@@H](O)CO)CC[C@@H]3C[C@@H](O)CN3C(=O)[C@H](CC(=O)NCc3ccc(NC(=O)[C@H](C)NC(=O)CNC(=O)CCN4C(=O)CC(S)C4=O)cc3)NC2=O)[nH]c2ccccc12. The summed E-state index contributed by atoms with van der Waals surface area (Å²) in [7, 11) is 0. The van der Waals surface area contributed by atoms with Crippen molar-refractivity contribution >= 4 is 118 Å². The highest BCUT2D eigenvalue weighted by molar-refractivity contribution is 7.99. The summed E-state index contributed by atoms with van der Waals surface area (Å²) < 4.78 is 0. The van der Waals surface area contributed by atoms with E-state index in [1.807, 2.05) is 31.2 Å². The number of carbonyl (C=O) groups is 13. The number of hydrogen-bond acceptors (Lipinski definition) is 18. The number of carbonyl (C=O) groups excluding carboxylic acids is 13. The number of likely N-dealkylation sites (tertiary alicyclic amines) is 1. The number of anilines is 1. The van der Waals surface area contributed by atoms with Gasteiger partial charge in [-0.2, -0.15) is 12.6 Å². The minimum Gasteiger partial charge on any atom is -0.394 e. The second-order valence-electron chi connectivity index (χ2n) is 22.9. The lowest BCUT2D eigenvalue weighted by Gasteiger charge is -2.32. The number of aryl methyl sites for hydroxylation is 1. The van der Waals surface area contributed by atoms with Crippen molar-refractivity contribution in [2.75, 3.05) is 56.9 Å². The van der Waals surface area contributed by atoms with Gasteiger partial charge >= 0.3 is 0 Å². The van der Waals surface area contributed by atoms with Crippen LogP contribution in [0.25, 0.3) is 10.9 Å². The summed E-state index contributed by atoms with van der Waals surface area (Å²) in [5.74, 6) is -11.7. The van der Waals surface area contributed by atoms with Crippen molar-refractivity contribution in [3.8, 4) is 0 Å². The summed E-state index contributed by atoms with van der Waals surface area (Å²) in [5, 5.41) is 58.3. The zero-order valence-electron chi connectivity index (χ0n) is 51.4. The van der Waals surface area contributed by atoms with Crippen LogP contribution in [0.1, 0.15) is 90.7 Å². The van der Waals surface area contributed by atoms with Gasteiger partial charge < -0.3 is 78.4 Å². The number of imide groups is 1. The van der Waals surface area contributed by atoms with E-state index in [1.165, 1.54) is 42.6 Å². The molecule has 13 amide bonds. The summed E-state index contributed by atoms with van der Waals surface area (Å²) in [6.07, 6.45) is -2.54. The number of hydrogen-bond donors (Lipinski definition) is 15. The third-order valence-corrected chi connectivity index (χ3v) is 17.8. The van der Waals surface area contributed by atoms with Crippen molar-refractivity contribution in [2.45, 2.75) is 145 Å². The van der Waals surface area contributed by atoms with Crippen molar-refractivity contribution in [2.24, 2.45) is 17.8 Å². The number of rotatable bonds is 21. The first-order valence-electron chi connectivity index (χ1n) is 30.3. The summed E-state index contributed by atoms with van der Waals surface area (Å²) >= 11 is 5.25. The van der Waals surface area contributed by atoms with E-state index in [2.05, 4.69) is 70.8 Å². The fraction of sp³-hybridized carbons (Fsp3) is 0.550. The Morgan fingerprint density at radius 3 is 2.13 bits per heavy atom. The van der Waals surface area contributed by atoms with Gasteiger partial charge in [0, 0.05) is 66.8 Å². The first-order valence-corrected chi connectivity index (χ1v) is 31.8. The number of fused-ring (bicyclic) bond motifs is 2.